The number of carbonyl (C=O) groups excluding carboxylic acids is 1. The lowest BCUT2D eigenvalue weighted by Crippen LogP contribution is -2.21. The molecule has 0 fully saturated rings. The summed E-state index contributed by atoms with van der Waals surface area (Å²) in [5.41, 5.74) is 6.40. The Morgan fingerprint density at radius 1 is 1.47 bits per heavy atom. The first-order valence-corrected chi connectivity index (χ1v) is 5.31. The lowest BCUT2D eigenvalue weighted by Gasteiger charge is -2.17. The molecule has 3 N–H and O–H groups in total. The van der Waals surface area contributed by atoms with Crippen LogP contribution in [0.25, 0.3) is 0 Å². The number of methoxy groups -OCH3 is 2. The van der Waals surface area contributed by atoms with Crippen LogP contribution in [0.4, 0.5) is 5.69 Å². The Morgan fingerprint density at radius 3 is 2.71 bits per heavy atom. The average molecular weight is 238 g/mol. The molecular formula is C12H18N2O3. The maximum absolute atomic E-state index is 11.1. The van der Waals surface area contributed by atoms with E-state index in [1.165, 1.54) is 0 Å². The van der Waals surface area contributed by atoms with E-state index < -0.39 is 5.91 Å². The van der Waals surface area contributed by atoms with Crippen molar-refractivity contribution in [1.29, 1.82) is 0 Å². The van der Waals surface area contributed by atoms with Gasteiger partial charge in [-0.3, -0.25) is 4.79 Å². The highest BCUT2D eigenvalue weighted by Gasteiger charge is 2.10. The van der Waals surface area contributed by atoms with Crippen LogP contribution in [0, 0.1) is 0 Å². The highest BCUT2D eigenvalue weighted by molar-refractivity contribution is 5.94. The van der Waals surface area contributed by atoms with Crippen molar-refractivity contribution < 1.29 is 14.3 Å². The number of ether oxygens (including phenoxy) is 2. The number of anilines is 1. The molecule has 5 nitrogen and oxygen atoms in total. The number of benzene rings is 1. The summed E-state index contributed by atoms with van der Waals surface area (Å²) in [4.78, 5) is 11.1. The Labute approximate surface area is 101 Å². The molecule has 0 aliphatic carbocycles. The Kier molecular flexibility index (Phi) is 4.78. The molecule has 94 valence electrons. The van der Waals surface area contributed by atoms with Gasteiger partial charge >= 0.3 is 0 Å². The van der Waals surface area contributed by atoms with E-state index in [0.717, 1.165) is 5.69 Å². The summed E-state index contributed by atoms with van der Waals surface area (Å²) >= 11 is 0. The fourth-order valence-corrected chi connectivity index (χ4v) is 1.53. The third kappa shape index (κ3) is 3.64. The van der Waals surface area contributed by atoms with Gasteiger partial charge in [-0.25, -0.2) is 0 Å². The second-order valence-electron chi connectivity index (χ2n) is 3.78. The van der Waals surface area contributed by atoms with Crippen LogP contribution in [0.5, 0.6) is 5.75 Å². The maximum Gasteiger partial charge on any atom is 0.248 e. The Morgan fingerprint density at radius 2 is 2.18 bits per heavy atom. The van der Waals surface area contributed by atoms with Crippen molar-refractivity contribution >= 4 is 11.6 Å². The second-order valence-corrected chi connectivity index (χ2v) is 3.78. The molecule has 0 radical (unpaired) electrons. The van der Waals surface area contributed by atoms with Crippen LogP contribution in [-0.2, 0) is 4.74 Å². The Hall–Kier alpha value is -1.75. The zero-order chi connectivity index (χ0) is 12.8. The zero-order valence-corrected chi connectivity index (χ0v) is 10.3. The Balaban J connectivity index is 2.93. The number of amides is 1. The lowest BCUT2D eigenvalue weighted by atomic mass is 10.1. The first-order valence-electron chi connectivity index (χ1n) is 5.31. The quantitative estimate of drug-likeness (QED) is 0.782. The molecule has 5 heteroatoms. The molecule has 0 aliphatic rings. The molecule has 0 spiro atoms. The molecule has 1 amide bonds. The molecule has 0 aromatic heterocycles. The van der Waals surface area contributed by atoms with Gasteiger partial charge in [0.15, 0.2) is 0 Å². The van der Waals surface area contributed by atoms with E-state index in [-0.39, 0.29) is 6.04 Å². The molecule has 0 bridgehead atoms. The number of hydrogen-bond acceptors (Lipinski definition) is 4. The summed E-state index contributed by atoms with van der Waals surface area (Å²) in [5.74, 6) is 0.202. The number of nitrogens with two attached hydrogens (primary N) is 1. The van der Waals surface area contributed by atoms with Crippen LogP contribution < -0.4 is 15.8 Å². The van der Waals surface area contributed by atoms with Gasteiger partial charge in [-0.05, 0) is 25.1 Å². The van der Waals surface area contributed by atoms with Gasteiger partial charge in [0.2, 0.25) is 5.91 Å². The third-order valence-corrected chi connectivity index (χ3v) is 2.30. The maximum atomic E-state index is 11.1. The van der Waals surface area contributed by atoms with E-state index in [1.54, 1.807) is 32.4 Å². The van der Waals surface area contributed by atoms with Gasteiger partial charge in [0.1, 0.15) is 5.75 Å². The van der Waals surface area contributed by atoms with Gasteiger partial charge in [-0.2, -0.15) is 0 Å². The van der Waals surface area contributed by atoms with Crippen LogP contribution in [0.3, 0.4) is 0 Å². The molecule has 1 rings (SSSR count). The van der Waals surface area contributed by atoms with Crippen LogP contribution in [0.15, 0.2) is 18.2 Å². The van der Waals surface area contributed by atoms with Crippen molar-refractivity contribution in [3.8, 4) is 5.75 Å². The van der Waals surface area contributed by atoms with Gasteiger partial charge in [-0.15, -0.1) is 0 Å². The van der Waals surface area contributed by atoms with Crippen LogP contribution in [0.2, 0.25) is 0 Å². The molecule has 1 unspecified atom stereocenters. The van der Waals surface area contributed by atoms with E-state index in [2.05, 4.69) is 5.32 Å². The molecule has 0 aliphatic heterocycles. The van der Waals surface area contributed by atoms with Crippen molar-refractivity contribution in [3.05, 3.63) is 23.8 Å². The van der Waals surface area contributed by atoms with Gasteiger partial charge in [0.05, 0.1) is 19.4 Å². The highest BCUT2D eigenvalue weighted by atomic mass is 16.5. The first-order chi connectivity index (χ1) is 8.08. The summed E-state index contributed by atoms with van der Waals surface area (Å²) in [6, 6.07) is 5.12. The molecule has 17 heavy (non-hydrogen) atoms. The largest absolute Gasteiger partial charge is 0.495 e. The van der Waals surface area contributed by atoms with Gasteiger partial charge in [0, 0.05) is 18.7 Å². The molecule has 1 atom stereocenters. The monoisotopic (exact) mass is 238 g/mol. The number of nitrogens with one attached hydrogen (secondary N) is 1. The van der Waals surface area contributed by atoms with Crippen LogP contribution >= 0.6 is 0 Å². The normalized spacial score (nSPS) is 11.9. The predicted molar refractivity (Wildman–Crippen MR) is 66.5 cm³/mol. The van der Waals surface area contributed by atoms with Crippen molar-refractivity contribution in [2.24, 2.45) is 5.73 Å². The van der Waals surface area contributed by atoms with Crippen molar-refractivity contribution in [2.45, 2.75) is 13.0 Å². The summed E-state index contributed by atoms with van der Waals surface area (Å²) in [7, 11) is 3.21. The fourth-order valence-electron chi connectivity index (χ4n) is 1.53. The predicted octanol–water partition coefficient (Wildman–Crippen LogP) is 1.24. The minimum absolute atomic E-state index is 0.108. The van der Waals surface area contributed by atoms with E-state index in [4.69, 9.17) is 15.2 Å². The molecule has 0 saturated carbocycles. The molecule has 1 aromatic carbocycles. The second kappa shape index (κ2) is 6.10. The third-order valence-electron chi connectivity index (χ3n) is 2.30. The number of carbonyl (C=O) groups is 1. The number of rotatable bonds is 6. The average Bonchev–Trinajstić information content (AvgIpc) is 2.29. The van der Waals surface area contributed by atoms with Crippen molar-refractivity contribution in [1.82, 2.24) is 0 Å². The van der Waals surface area contributed by atoms with Crippen molar-refractivity contribution in [3.63, 3.8) is 0 Å². The van der Waals surface area contributed by atoms with E-state index >= 15 is 0 Å². The molecule has 0 heterocycles. The lowest BCUT2D eigenvalue weighted by molar-refractivity contribution is 0.100. The van der Waals surface area contributed by atoms with E-state index in [0.29, 0.717) is 17.9 Å². The van der Waals surface area contributed by atoms with E-state index in [9.17, 15) is 4.79 Å². The summed E-state index contributed by atoms with van der Waals surface area (Å²) in [6.45, 7) is 2.53. The highest BCUT2D eigenvalue weighted by Crippen LogP contribution is 2.26. The summed E-state index contributed by atoms with van der Waals surface area (Å²) < 4.78 is 10.2. The SMILES string of the molecule is COCC(C)Nc1cc(C(N)=O)ccc1OC. The summed E-state index contributed by atoms with van der Waals surface area (Å²) in [5, 5.41) is 3.20. The molecular weight excluding hydrogens is 220 g/mol. The van der Waals surface area contributed by atoms with Crippen LogP contribution in [-0.4, -0.2) is 32.8 Å². The first kappa shape index (κ1) is 13.3. The summed E-state index contributed by atoms with van der Waals surface area (Å²) in [6.07, 6.45) is 0. The van der Waals surface area contributed by atoms with E-state index in [1.807, 2.05) is 6.92 Å². The fraction of sp³-hybridized carbons (Fsp3) is 0.417. The number of primary amides is 1. The zero-order valence-electron chi connectivity index (χ0n) is 10.3. The molecule has 0 saturated heterocycles. The standard InChI is InChI=1S/C12H18N2O3/c1-8(7-16-2)14-10-6-9(12(13)15)4-5-11(10)17-3/h4-6,8,14H,7H2,1-3H3,(H2,13,15). The van der Waals surface area contributed by atoms with Crippen LogP contribution in [0.1, 0.15) is 17.3 Å². The van der Waals surface area contributed by atoms with Gasteiger partial charge in [0.25, 0.3) is 0 Å². The van der Waals surface area contributed by atoms with Gasteiger partial charge < -0.3 is 20.5 Å². The minimum Gasteiger partial charge on any atom is -0.495 e. The minimum atomic E-state index is -0.463. The van der Waals surface area contributed by atoms with Gasteiger partial charge in [-0.1, -0.05) is 0 Å². The molecule has 1 aromatic rings. The Bertz CT molecular complexity index is 393. The smallest absolute Gasteiger partial charge is 0.248 e. The van der Waals surface area contributed by atoms with Crippen molar-refractivity contribution in [2.75, 3.05) is 26.1 Å². The number of hydrogen-bond donors (Lipinski definition) is 2. The topological polar surface area (TPSA) is 73.6 Å².